The highest BCUT2D eigenvalue weighted by Crippen LogP contribution is 2.60. The maximum absolute atomic E-state index is 13.2. The molecule has 1 fully saturated rings. The van der Waals surface area contributed by atoms with Gasteiger partial charge < -0.3 is 10.5 Å². The fourth-order valence-electron chi connectivity index (χ4n) is 1.74. The summed E-state index contributed by atoms with van der Waals surface area (Å²) in [4.78, 5) is 3.95. The number of aromatic nitrogens is 1. The summed E-state index contributed by atoms with van der Waals surface area (Å²) in [6.07, 6.45) is 1.23. The molecule has 1 aromatic heterocycles. The molecular weight excluding hydrogens is 202 g/mol. The molecule has 0 aliphatic heterocycles. The van der Waals surface area contributed by atoms with E-state index in [0.29, 0.717) is 11.4 Å². The number of nitrogens with two attached hydrogens (primary N) is 1. The van der Waals surface area contributed by atoms with E-state index < -0.39 is 11.3 Å². The Hall–Kier alpha value is -1.23. The summed E-state index contributed by atoms with van der Waals surface area (Å²) in [6, 6.07) is 3.14. The van der Waals surface area contributed by atoms with Gasteiger partial charge in [0.05, 0.1) is 18.2 Å². The van der Waals surface area contributed by atoms with Gasteiger partial charge in [-0.3, -0.25) is 4.98 Å². The highest BCUT2D eigenvalue weighted by molar-refractivity contribution is 5.37. The van der Waals surface area contributed by atoms with Gasteiger partial charge in [0.2, 0.25) is 0 Å². The van der Waals surface area contributed by atoms with E-state index in [0.717, 1.165) is 0 Å². The van der Waals surface area contributed by atoms with Crippen molar-refractivity contribution in [1.29, 1.82) is 0 Å². The minimum atomic E-state index is -2.74. The van der Waals surface area contributed by atoms with Gasteiger partial charge in [0.1, 0.15) is 5.75 Å². The molecule has 1 aliphatic carbocycles. The Bertz CT molecular complexity index is 383. The Morgan fingerprint density at radius 3 is 2.73 bits per heavy atom. The van der Waals surface area contributed by atoms with Crippen LogP contribution in [0, 0.1) is 0 Å². The number of methoxy groups -OCH3 is 1. The summed E-state index contributed by atoms with van der Waals surface area (Å²) in [5, 5.41) is 0. The standard InChI is InChI=1S/C10H12F2N2O/c1-15-7-2-3-14-8(4-7)9(6-13)5-10(9,11)12/h2-4H,5-6,13H2,1H3. The second-order valence-corrected chi connectivity index (χ2v) is 3.75. The average molecular weight is 214 g/mol. The van der Waals surface area contributed by atoms with E-state index >= 15 is 0 Å². The third-order valence-electron chi connectivity index (χ3n) is 2.90. The third-order valence-corrected chi connectivity index (χ3v) is 2.90. The Labute approximate surface area is 86.3 Å². The van der Waals surface area contributed by atoms with Crippen molar-refractivity contribution in [3.63, 3.8) is 0 Å². The summed E-state index contributed by atoms with van der Waals surface area (Å²) >= 11 is 0. The van der Waals surface area contributed by atoms with Gasteiger partial charge in [0.25, 0.3) is 5.92 Å². The van der Waals surface area contributed by atoms with Gasteiger partial charge in [-0.05, 0) is 6.07 Å². The van der Waals surface area contributed by atoms with Gasteiger partial charge in [-0.1, -0.05) is 0 Å². The topological polar surface area (TPSA) is 48.1 Å². The summed E-state index contributed by atoms with van der Waals surface area (Å²) in [7, 11) is 1.49. The monoisotopic (exact) mass is 214 g/mol. The molecule has 1 atom stereocenters. The zero-order valence-corrected chi connectivity index (χ0v) is 8.34. The SMILES string of the molecule is COc1ccnc(C2(CN)CC2(F)F)c1. The summed E-state index contributed by atoms with van der Waals surface area (Å²) in [5.41, 5.74) is 4.45. The van der Waals surface area contributed by atoms with E-state index in [9.17, 15) is 8.78 Å². The predicted octanol–water partition coefficient (Wildman–Crippen LogP) is 1.33. The minimum Gasteiger partial charge on any atom is -0.497 e. The van der Waals surface area contributed by atoms with Crippen LogP contribution < -0.4 is 10.5 Å². The van der Waals surface area contributed by atoms with Crippen LogP contribution in [0.2, 0.25) is 0 Å². The lowest BCUT2D eigenvalue weighted by atomic mass is 10.0. The van der Waals surface area contributed by atoms with Crippen LogP contribution in [0.5, 0.6) is 5.75 Å². The van der Waals surface area contributed by atoms with Crippen LogP contribution in [0.25, 0.3) is 0 Å². The molecule has 5 heteroatoms. The minimum absolute atomic E-state index is 0.0971. The van der Waals surface area contributed by atoms with Gasteiger partial charge >= 0.3 is 0 Å². The lowest BCUT2D eigenvalue weighted by Crippen LogP contribution is -2.27. The number of rotatable bonds is 3. The van der Waals surface area contributed by atoms with Crippen molar-refractivity contribution in [2.45, 2.75) is 17.8 Å². The molecule has 0 spiro atoms. The summed E-state index contributed by atoms with van der Waals surface area (Å²) < 4.78 is 31.4. The van der Waals surface area contributed by atoms with E-state index in [2.05, 4.69) is 4.98 Å². The van der Waals surface area contributed by atoms with Crippen LogP contribution in [0.15, 0.2) is 18.3 Å². The molecule has 1 aliphatic rings. The second kappa shape index (κ2) is 3.13. The largest absolute Gasteiger partial charge is 0.497 e. The quantitative estimate of drug-likeness (QED) is 0.825. The molecule has 2 N–H and O–H groups in total. The molecular formula is C10H12F2N2O. The van der Waals surface area contributed by atoms with E-state index in [1.165, 1.54) is 19.4 Å². The Morgan fingerprint density at radius 1 is 1.60 bits per heavy atom. The molecule has 1 aromatic rings. The van der Waals surface area contributed by atoms with Crippen LogP contribution in [-0.4, -0.2) is 24.6 Å². The lowest BCUT2D eigenvalue weighted by molar-refractivity contribution is 0.0886. The van der Waals surface area contributed by atoms with Gasteiger partial charge in [-0.25, -0.2) is 8.78 Å². The van der Waals surface area contributed by atoms with E-state index in [4.69, 9.17) is 10.5 Å². The van der Waals surface area contributed by atoms with Crippen molar-refractivity contribution < 1.29 is 13.5 Å². The van der Waals surface area contributed by atoms with Crippen molar-refractivity contribution in [2.24, 2.45) is 5.73 Å². The molecule has 0 saturated heterocycles. The number of nitrogens with zero attached hydrogens (tertiary/aromatic N) is 1. The Kier molecular flexibility index (Phi) is 2.15. The predicted molar refractivity (Wildman–Crippen MR) is 51.1 cm³/mol. The molecule has 0 bridgehead atoms. The zero-order valence-electron chi connectivity index (χ0n) is 8.34. The fourth-order valence-corrected chi connectivity index (χ4v) is 1.74. The first kappa shape index (κ1) is 10.3. The van der Waals surface area contributed by atoms with Crippen molar-refractivity contribution in [2.75, 3.05) is 13.7 Å². The van der Waals surface area contributed by atoms with Crippen LogP contribution in [-0.2, 0) is 5.41 Å². The first-order chi connectivity index (χ1) is 7.05. The molecule has 15 heavy (non-hydrogen) atoms. The molecule has 1 heterocycles. The normalized spacial score (nSPS) is 27.5. The van der Waals surface area contributed by atoms with E-state index in [1.54, 1.807) is 6.07 Å². The van der Waals surface area contributed by atoms with E-state index in [-0.39, 0.29) is 13.0 Å². The number of ether oxygens (including phenoxy) is 1. The molecule has 3 nitrogen and oxygen atoms in total. The molecule has 82 valence electrons. The van der Waals surface area contributed by atoms with Crippen LogP contribution in [0.4, 0.5) is 8.78 Å². The molecule has 0 aromatic carbocycles. The van der Waals surface area contributed by atoms with Crippen LogP contribution in [0.1, 0.15) is 12.1 Å². The van der Waals surface area contributed by atoms with Crippen LogP contribution in [0.3, 0.4) is 0 Å². The fraction of sp³-hybridized carbons (Fsp3) is 0.500. The second-order valence-electron chi connectivity index (χ2n) is 3.75. The summed E-state index contributed by atoms with van der Waals surface area (Å²) in [6.45, 7) is -0.0971. The first-order valence-corrected chi connectivity index (χ1v) is 4.64. The molecule has 1 saturated carbocycles. The van der Waals surface area contributed by atoms with Crippen molar-refractivity contribution >= 4 is 0 Å². The van der Waals surface area contributed by atoms with Crippen molar-refractivity contribution in [1.82, 2.24) is 4.98 Å². The van der Waals surface area contributed by atoms with Crippen LogP contribution >= 0.6 is 0 Å². The molecule has 2 rings (SSSR count). The first-order valence-electron chi connectivity index (χ1n) is 4.64. The Balaban J connectivity index is 2.37. The number of alkyl halides is 2. The van der Waals surface area contributed by atoms with Crippen molar-refractivity contribution in [3.8, 4) is 5.75 Å². The number of halogens is 2. The van der Waals surface area contributed by atoms with Crippen molar-refractivity contribution in [3.05, 3.63) is 24.0 Å². The van der Waals surface area contributed by atoms with Gasteiger partial charge in [0.15, 0.2) is 0 Å². The smallest absolute Gasteiger partial charge is 0.261 e. The van der Waals surface area contributed by atoms with Gasteiger partial charge in [0, 0.05) is 25.2 Å². The highest BCUT2D eigenvalue weighted by Gasteiger charge is 2.72. The zero-order chi connectivity index (χ0) is 11.1. The number of pyridine rings is 1. The Morgan fingerprint density at radius 2 is 2.27 bits per heavy atom. The maximum atomic E-state index is 13.2. The molecule has 0 amide bonds. The average Bonchev–Trinajstić information content (AvgIpc) is 2.82. The van der Waals surface area contributed by atoms with E-state index in [1.807, 2.05) is 0 Å². The summed E-state index contributed by atoms with van der Waals surface area (Å²) in [5.74, 6) is -2.21. The van der Waals surface area contributed by atoms with Gasteiger partial charge in [-0.15, -0.1) is 0 Å². The van der Waals surface area contributed by atoms with Gasteiger partial charge in [-0.2, -0.15) is 0 Å². The third kappa shape index (κ3) is 1.38. The highest BCUT2D eigenvalue weighted by atomic mass is 19.3. The number of hydrogen-bond donors (Lipinski definition) is 1. The molecule has 1 unspecified atom stereocenters. The molecule has 0 radical (unpaired) electrons. The lowest BCUT2D eigenvalue weighted by Gasteiger charge is -2.13. The maximum Gasteiger partial charge on any atom is 0.261 e. The number of hydrogen-bond acceptors (Lipinski definition) is 3.